The quantitative estimate of drug-likeness (QED) is 0.587. The first-order valence-corrected chi connectivity index (χ1v) is 12.4. The topological polar surface area (TPSA) is 74.8 Å². The third-order valence-electron chi connectivity index (χ3n) is 5.33. The van der Waals surface area contributed by atoms with Gasteiger partial charge in [0.25, 0.3) is 5.91 Å². The van der Waals surface area contributed by atoms with E-state index in [1.165, 1.54) is 4.70 Å². The molecule has 2 heterocycles. The summed E-state index contributed by atoms with van der Waals surface area (Å²) in [6.07, 6.45) is 0. The number of carbonyl (C=O) groups is 1. The van der Waals surface area contributed by atoms with Crippen molar-refractivity contribution in [2.75, 3.05) is 43.9 Å². The summed E-state index contributed by atoms with van der Waals surface area (Å²) < 4.78 is 21.0. The van der Waals surface area contributed by atoms with Gasteiger partial charge in [0.15, 0.2) is 0 Å². The van der Waals surface area contributed by atoms with Crippen molar-refractivity contribution < 1.29 is 13.7 Å². The van der Waals surface area contributed by atoms with E-state index >= 15 is 0 Å². The molecule has 164 valence electrons. The minimum absolute atomic E-state index is 0.324. The number of nitrogens with one attached hydrogen (secondary N) is 1. The first-order chi connectivity index (χ1) is 15.1. The smallest absolute Gasteiger partial charge is 0.265 e. The molecule has 1 amide bonds. The number of aromatic nitrogens is 1. The van der Waals surface area contributed by atoms with Crippen molar-refractivity contribution in [3.05, 3.63) is 53.0 Å². The Morgan fingerprint density at radius 1 is 1.19 bits per heavy atom. The lowest BCUT2D eigenvalue weighted by Crippen LogP contribution is -2.46. The summed E-state index contributed by atoms with van der Waals surface area (Å²) in [7, 11) is 0.236. The molecule has 1 aromatic heterocycles. The standard InChI is InChI=1S/C22H26N4O3S2/c1-3-31(28)24-22(27)17-9-8-16(29-2)14-19(17)26-12-10-25(11-13-26)15-21-23-18-6-4-5-7-20(18)30-21/h4-9,14H,3,10-13,15H2,1-2H3,(H,24,27). The number of nitrogens with zero attached hydrogens (tertiary/aromatic N) is 3. The molecule has 0 saturated carbocycles. The summed E-state index contributed by atoms with van der Waals surface area (Å²) in [6, 6.07) is 13.6. The first-order valence-electron chi connectivity index (χ1n) is 10.3. The number of anilines is 1. The van der Waals surface area contributed by atoms with E-state index in [1.54, 1.807) is 37.5 Å². The van der Waals surface area contributed by atoms with Crippen LogP contribution < -0.4 is 14.4 Å². The SMILES string of the molecule is CCS(=O)NC(=O)c1ccc(OC)cc1N1CCN(Cc2nc3ccccc3s2)CC1. The third kappa shape index (κ3) is 5.06. The number of rotatable bonds is 7. The van der Waals surface area contributed by atoms with E-state index in [2.05, 4.69) is 20.6 Å². The molecule has 3 aromatic rings. The average Bonchev–Trinajstić information content (AvgIpc) is 3.21. The molecular formula is C22H26N4O3S2. The second kappa shape index (κ2) is 9.76. The zero-order chi connectivity index (χ0) is 21.8. The Morgan fingerprint density at radius 2 is 1.97 bits per heavy atom. The number of hydrogen-bond donors (Lipinski definition) is 1. The van der Waals surface area contributed by atoms with Gasteiger partial charge in [0.2, 0.25) is 0 Å². The molecule has 7 nitrogen and oxygen atoms in total. The summed E-state index contributed by atoms with van der Waals surface area (Å²) in [5, 5.41) is 1.12. The highest BCUT2D eigenvalue weighted by atomic mass is 32.2. The Kier molecular flexibility index (Phi) is 6.84. The molecule has 31 heavy (non-hydrogen) atoms. The summed E-state index contributed by atoms with van der Waals surface area (Å²) in [5.74, 6) is 0.747. The second-order valence-corrected chi connectivity index (χ2v) is 9.87. The molecule has 1 N–H and O–H groups in total. The molecule has 2 aromatic carbocycles. The number of piperazine rings is 1. The van der Waals surface area contributed by atoms with E-state index < -0.39 is 11.0 Å². The molecule has 1 atom stereocenters. The van der Waals surface area contributed by atoms with Crippen molar-refractivity contribution >= 4 is 44.1 Å². The van der Waals surface area contributed by atoms with E-state index in [0.717, 1.165) is 48.9 Å². The predicted octanol–water partition coefficient (Wildman–Crippen LogP) is 3.04. The summed E-state index contributed by atoms with van der Waals surface area (Å²) in [6.45, 7) is 5.92. The maximum atomic E-state index is 12.7. The minimum atomic E-state index is -1.38. The molecule has 1 aliphatic rings. The fourth-order valence-corrected chi connectivity index (χ4v) is 5.12. The van der Waals surface area contributed by atoms with Gasteiger partial charge in [-0.15, -0.1) is 11.3 Å². The van der Waals surface area contributed by atoms with Gasteiger partial charge in [0.05, 0.1) is 35.1 Å². The highest BCUT2D eigenvalue weighted by Crippen LogP contribution is 2.28. The van der Waals surface area contributed by atoms with Crippen molar-refractivity contribution in [3.8, 4) is 5.75 Å². The molecule has 9 heteroatoms. The zero-order valence-corrected chi connectivity index (χ0v) is 19.3. The normalized spacial score (nSPS) is 15.7. The maximum Gasteiger partial charge on any atom is 0.265 e. The van der Waals surface area contributed by atoms with Crippen LogP contribution in [0.5, 0.6) is 5.75 Å². The molecule has 0 radical (unpaired) electrons. The van der Waals surface area contributed by atoms with Crippen LogP contribution in [-0.2, 0) is 17.5 Å². The first kappa shape index (κ1) is 21.7. The lowest BCUT2D eigenvalue weighted by Gasteiger charge is -2.36. The van der Waals surface area contributed by atoms with E-state index in [-0.39, 0.29) is 5.91 Å². The van der Waals surface area contributed by atoms with Crippen LogP contribution in [0.15, 0.2) is 42.5 Å². The molecule has 1 fully saturated rings. The third-order valence-corrected chi connectivity index (χ3v) is 7.29. The summed E-state index contributed by atoms with van der Waals surface area (Å²) in [4.78, 5) is 22.0. The number of thiazole rings is 1. The Balaban J connectivity index is 1.45. The van der Waals surface area contributed by atoms with Crippen molar-refractivity contribution in [2.45, 2.75) is 13.5 Å². The molecule has 0 aliphatic carbocycles. The van der Waals surface area contributed by atoms with Crippen LogP contribution in [0.3, 0.4) is 0 Å². The van der Waals surface area contributed by atoms with E-state index in [0.29, 0.717) is 17.1 Å². The molecular weight excluding hydrogens is 432 g/mol. The van der Waals surface area contributed by atoms with E-state index in [4.69, 9.17) is 9.72 Å². The Morgan fingerprint density at radius 3 is 2.68 bits per heavy atom. The van der Waals surface area contributed by atoms with Gasteiger partial charge in [0.1, 0.15) is 21.7 Å². The fraction of sp³-hybridized carbons (Fsp3) is 0.364. The molecule has 0 spiro atoms. The zero-order valence-electron chi connectivity index (χ0n) is 17.7. The summed E-state index contributed by atoms with van der Waals surface area (Å²) in [5.41, 5.74) is 2.38. The van der Waals surface area contributed by atoms with Crippen molar-refractivity contribution in [1.29, 1.82) is 0 Å². The Hall–Kier alpha value is -2.49. The number of hydrogen-bond acceptors (Lipinski definition) is 7. The maximum absolute atomic E-state index is 12.7. The van der Waals surface area contributed by atoms with Crippen LogP contribution in [0.1, 0.15) is 22.3 Å². The van der Waals surface area contributed by atoms with Gasteiger partial charge in [-0.25, -0.2) is 9.19 Å². The van der Waals surface area contributed by atoms with Gasteiger partial charge in [0, 0.05) is 38.0 Å². The largest absolute Gasteiger partial charge is 0.497 e. The number of ether oxygens (including phenoxy) is 1. The molecule has 0 bridgehead atoms. The Labute approximate surface area is 188 Å². The van der Waals surface area contributed by atoms with Gasteiger partial charge < -0.3 is 9.64 Å². The number of amides is 1. The van der Waals surface area contributed by atoms with Crippen LogP contribution >= 0.6 is 11.3 Å². The second-order valence-electron chi connectivity index (χ2n) is 7.29. The van der Waals surface area contributed by atoms with Gasteiger partial charge in [-0.1, -0.05) is 19.1 Å². The van der Waals surface area contributed by atoms with Gasteiger partial charge >= 0.3 is 0 Å². The van der Waals surface area contributed by atoms with Gasteiger partial charge in [-0.3, -0.25) is 14.4 Å². The van der Waals surface area contributed by atoms with Crippen molar-refractivity contribution in [3.63, 3.8) is 0 Å². The van der Waals surface area contributed by atoms with Crippen LogP contribution in [0.25, 0.3) is 10.2 Å². The fourth-order valence-electron chi connectivity index (χ4n) is 3.65. The molecule has 1 saturated heterocycles. The van der Waals surface area contributed by atoms with Crippen molar-refractivity contribution in [2.24, 2.45) is 0 Å². The molecule has 4 rings (SSSR count). The number of methoxy groups -OCH3 is 1. The van der Waals surface area contributed by atoms with Crippen molar-refractivity contribution in [1.82, 2.24) is 14.6 Å². The van der Waals surface area contributed by atoms with E-state index in [9.17, 15) is 9.00 Å². The van der Waals surface area contributed by atoms with E-state index in [1.807, 2.05) is 24.3 Å². The van der Waals surface area contributed by atoms with Crippen LogP contribution in [0.4, 0.5) is 5.69 Å². The minimum Gasteiger partial charge on any atom is -0.497 e. The van der Waals surface area contributed by atoms with Crippen LogP contribution in [0.2, 0.25) is 0 Å². The van der Waals surface area contributed by atoms with Gasteiger partial charge in [-0.2, -0.15) is 0 Å². The van der Waals surface area contributed by atoms with Crippen LogP contribution in [-0.4, -0.2) is 59.0 Å². The van der Waals surface area contributed by atoms with Crippen LogP contribution in [0, 0.1) is 0 Å². The molecule has 1 aliphatic heterocycles. The molecule has 1 unspecified atom stereocenters. The lowest BCUT2D eigenvalue weighted by molar-refractivity contribution is 0.0983. The number of benzene rings is 2. The highest BCUT2D eigenvalue weighted by molar-refractivity contribution is 7.83. The number of fused-ring (bicyclic) bond motifs is 1. The Bertz CT molecular complexity index is 1060. The number of para-hydroxylation sites is 1. The average molecular weight is 459 g/mol. The number of carbonyl (C=O) groups excluding carboxylic acids is 1. The summed E-state index contributed by atoms with van der Waals surface area (Å²) >= 11 is 1.74. The lowest BCUT2D eigenvalue weighted by atomic mass is 10.1. The highest BCUT2D eigenvalue weighted by Gasteiger charge is 2.23. The predicted molar refractivity (Wildman–Crippen MR) is 126 cm³/mol. The monoisotopic (exact) mass is 458 g/mol. The van der Waals surface area contributed by atoms with Gasteiger partial charge in [-0.05, 0) is 24.3 Å².